The summed E-state index contributed by atoms with van der Waals surface area (Å²) in [5.41, 5.74) is 4.06. The van der Waals surface area contributed by atoms with Crippen molar-refractivity contribution in [2.75, 3.05) is 16.2 Å². The number of anilines is 2. The lowest BCUT2D eigenvalue weighted by molar-refractivity contribution is -0.119. The number of carbonyl (C=O) groups excluding carboxylic acids is 1. The Bertz CT molecular complexity index is 1000. The number of halogens is 1. The van der Waals surface area contributed by atoms with E-state index in [1.54, 1.807) is 30.3 Å². The second kappa shape index (κ2) is 6.28. The molecule has 26 heavy (non-hydrogen) atoms. The van der Waals surface area contributed by atoms with Crippen LogP contribution >= 0.6 is 11.6 Å². The molecule has 4 rings (SSSR count). The average molecular weight is 391 g/mol. The summed E-state index contributed by atoms with van der Waals surface area (Å²) in [6.07, 6.45) is 2.64. The molecule has 2 heterocycles. The maximum Gasteiger partial charge on any atom is 0.261 e. The largest absolute Gasteiger partial charge is 0.312 e. The van der Waals surface area contributed by atoms with Crippen LogP contribution in [-0.2, 0) is 27.7 Å². The highest BCUT2D eigenvalue weighted by Gasteiger charge is 2.31. The monoisotopic (exact) mass is 390 g/mol. The van der Waals surface area contributed by atoms with E-state index in [-0.39, 0.29) is 10.8 Å². The highest BCUT2D eigenvalue weighted by molar-refractivity contribution is 7.92. The first-order chi connectivity index (χ1) is 12.3. The van der Waals surface area contributed by atoms with Gasteiger partial charge in [0.25, 0.3) is 10.0 Å². The highest BCUT2D eigenvalue weighted by Crippen LogP contribution is 2.38. The Hall–Kier alpha value is -2.05. The predicted molar refractivity (Wildman–Crippen MR) is 102 cm³/mol. The molecule has 7 heteroatoms. The number of nitrogens with zero attached hydrogens (tertiary/aromatic N) is 1. The van der Waals surface area contributed by atoms with Gasteiger partial charge in [-0.1, -0.05) is 17.7 Å². The molecule has 2 aromatic carbocycles. The van der Waals surface area contributed by atoms with Crippen LogP contribution in [0.5, 0.6) is 0 Å². The molecule has 2 aliphatic rings. The van der Waals surface area contributed by atoms with E-state index in [1.807, 2.05) is 11.8 Å². The van der Waals surface area contributed by atoms with Gasteiger partial charge >= 0.3 is 0 Å². The minimum absolute atomic E-state index is 0.127. The lowest BCUT2D eigenvalue weighted by Gasteiger charge is -2.35. The van der Waals surface area contributed by atoms with Crippen molar-refractivity contribution in [3.8, 4) is 0 Å². The van der Waals surface area contributed by atoms with Crippen molar-refractivity contribution < 1.29 is 13.2 Å². The van der Waals surface area contributed by atoms with Gasteiger partial charge in [0.15, 0.2) is 0 Å². The van der Waals surface area contributed by atoms with Gasteiger partial charge in [0.2, 0.25) is 5.91 Å². The molecule has 136 valence electrons. The molecule has 0 saturated heterocycles. The van der Waals surface area contributed by atoms with Crippen LogP contribution in [0.2, 0.25) is 5.02 Å². The molecule has 0 unspecified atom stereocenters. The third-order valence-electron chi connectivity index (χ3n) is 5.00. The number of amides is 1. The van der Waals surface area contributed by atoms with E-state index < -0.39 is 10.0 Å². The van der Waals surface area contributed by atoms with Crippen molar-refractivity contribution in [2.24, 2.45) is 0 Å². The molecule has 2 aliphatic heterocycles. The smallest absolute Gasteiger partial charge is 0.261 e. The number of aryl methyl sites for hydroxylation is 3. The zero-order valence-corrected chi connectivity index (χ0v) is 16.0. The second-order valence-corrected chi connectivity index (χ2v) is 8.92. The molecule has 2 aromatic rings. The minimum atomic E-state index is -3.74. The van der Waals surface area contributed by atoms with E-state index in [2.05, 4.69) is 4.72 Å². The third-order valence-corrected chi connectivity index (χ3v) is 6.58. The fourth-order valence-corrected chi connectivity index (χ4v) is 5.08. The molecule has 5 nitrogen and oxygen atoms in total. The Balaban J connectivity index is 1.76. The average Bonchev–Trinajstić information content (AvgIpc) is 2.61. The van der Waals surface area contributed by atoms with Gasteiger partial charge in [0, 0.05) is 18.0 Å². The highest BCUT2D eigenvalue weighted by atomic mass is 35.5. The van der Waals surface area contributed by atoms with Gasteiger partial charge in [-0.2, -0.15) is 0 Å². The van der Waals surface area contributed by atoms with E-state index >= 15 is 0 Å². The van der Waals surface area contributed by atoms with Crippen molar-refractivity contribution in [3.05, 3.63) is 52.0 Å². The molecule has 0 aromatic heterocycles. The van der Waals surface area contributed by atoms with Crippen LogP contribution in [0, 0.1) is 6.92 Å². The maximum absolute atomic E-state index is 12.9. The van der Waals surface area contributed by atoms with Crippen molar-refractivity contribution in [3.63, 3.8) is 0 Å². The summed E-state index contributed by atoms with van der Waals surface area (Å²) < 4.78 is 28.5. The zero-order valence-electron chi connectivity index (χ0n) is 14.4. The quantitative estimate of drug-likeness (QED) is 0.869. The van der Waals surface area contributed by atoms with Crippen LogP contribution in [0.3, 0.4) is 0 Å². The van der Waals surface area contributed by atoms with Gasteiger partial charge in [0.05, 0.1) is 16.3 Å². The summed E-state index contributed by atoms with van der Waals surface area (Å²) in [4.78, 5) is 14.2. The van der Waals surface area contributed by atoms with Crippen molar-refractivity contribution in [2.45, 2.75) is 37.5 Å². The first kappa shape index (κ1) is 17.4. The molecule has 0 fully saturated rings. The molecule has 0 spiro atoms. The molecule has 0 aliphatic carbocycles. The fourth-order valence-electron chi connectivity index (χ4n) is 3.68. The van der Waals surface area contributed by atoms with Crippen molar-refractivity contribution in [1.82, 2.24) is 0 Å². The van der Waals surface area contributed by atoms with E-state index in [0.29, 0.717) is 30.1 Å². The molecule has 1 N–H and O–H groups in total. The topological polar surface area (TPSA) is 66.5 Å². The van der Waals surface area contributed by atoms with Crippen LogP contribution in [0.4, 0.5) is 11.4 Å². The molecular formula is C19H19ClN2O3S. The van der Waals surface area contributed by atoms with Gasteiger partial charge in [0.1, 0.15) is 0 Å². The summed E-state index contributed by atoms with van der Waals surface area (Å²) in [6.45, 7) is 2.54. The Morgan fingerprint density at radius 1 is 1.08 bits per heavy atom. The first-order valence-corrected chi connectivity index (χ1v) is 10.5. The Labute approximate surface area is 158 Å². The van der Waals surface area contributed by atoms with Crippen LogP contribution in [0.1, 0.15) is 29.5 Å². The van der Waals surface area contributed by atoms with Gasteiger partial charge in [-0.3, -0.25) is 9.52 Å². The standard InChI is InChI=1S/C19H19ClN2O3S/c1-12-4-6-15(20)11-17(12)21-26(24,25)16-9-13-3-2-8-22-18(23)7-5-14(10-16)19(13)22/h4,6,9-11,21H,2-3,5,7-8H2,1H3. The van der Waals surface area contributed by atoms with Gasteiger partial charge in [-0.05, 0) is 67.1 Å². The maximum atomic E-state index is 12.9. The number of carbonyl (C=O) groups is 1. The Kier molecular flexibility index (Phi) is 4.20. The summed E-state index contributed by atoms with van der Waals surface area (Å²) in [6, 6.07) is 8.51. The Morgan fingerprint density at radius 2 is 1.81 bits per heavy atom. The Morgan fingerprint density at radius 3 is 2.58 bits per heavy atom. The van der Waals surface area contributed by atoms with E-state index in [1.165, 1.54) is 0 Å². The third kappa shape index (κ3) is 2.97. The summed E-state index contributed by atoms with van der Waals surface area (Å²) in [7, 11) is -3.74. The number of benzene rings is 2. The van der Waals surface area contributed by atoms with Gasteiger partial charge in [-0.15, -0.1) is 0 Å². The van der Waals surface area contributed by atoms with E-state index in [4.69, 9.17) is 11.6 Å². The zero-order chi connectivity index (χ0) is 18.5. The summed E-state index contributed by atoms with van der Waals surface area (Å²) in [5, 5.41) is 0.475. The minimum Gasteiger partial charge on any atom is -0.312 e. The number of hydrogen-bond acceptors (Lipinski definition) is 3. The molecule has 1 amide bonds. The second-order valence-electron chi connectivity index (χ2n) is 6.80. The predicted octanol–water partition coefficient (Wildman–Crippen LogP) is 3.67. The van der Waals surface area contributed by atoms with Crippen molar-refractivity contribution >= 4 is 38.9 Å². The summed E-state index contributed by atoms with van der Waals surface area (Å²) >= 11 is 6.00. The van der Waals surface area contributed by atoms with Crippen LogP contribution < -0.4 is 9.62 Å². The van der Waals surface area contributed by atoms with Crippen LogP contribution in [0.15, 0.2) is 35.2 Å². The van der Waals surface area contributed by atoms with Crippen LogP contribution in [-0.4, -0.2) is 20.9 Å². The summed E-state index contributed by atoms with van der Waals surface area (Å²) in [5.74, 6) is 0.127. The van der Waals surface area contributed by atoms with E-state index in [0.717, 1.165) is 35.2 Å². The molecule has 0 radical (unpaired) electrons. The SMILES string of the molecule is Cc1ccc(Cl)cc1NS(=O)(=O)c1cc2c3c(c1)CCC(=O)N3CCC2. The fraction of sp³-hybridized carbons (Fsp3) is 0.316. The lowest BCUT2D eigenvalue weighted by atomic mass is 9.92. The van der Waals surface area contributed by atoms with Crippen LogP contribution in [0.25, 0.3) is 0 Å². The van der Waals surface area contributed by atoms with E-state index in [9.17, 15) is 13.2 Å². The number of rotatable bonds is 3. The van der Waals surface area contributed by atoms with Gasteiger partial charge < -0.3 is 4.90 Å². The molecule has 0 atom stereocenters. The van der Waals surface area contributed by atoms with Gasteiger partial charge in [-0.25, -0.2) is 8.42 Å². The van der Waals surface area contributed by atoms with Crippen molar-refractivity contribution in [1.29, 1.82) is 0 Å². The normalized spacial score (nSPS) is 16.4. The number of hydrogen-bond donors (Lipinski definition) is 1. The molecule has 0 bridgehead atoms. The molecule has 0 saturated carbocycles. The number of sulfonamides is 1. The first-order valence-electron chi connectivity index (χ1n) is 8.60. The lowest BCUT2D eigenvalue weighted by Crippen LogP contribution is -2.39. The number of nitrogens with one attached hydrogen (secondary N) is 1. The molecular weight excluding hydrogens is 372 g/mol.